The first-order valence-corrected chi connectivity index (χ1v) is 8.30. The van der Waals surface area contributed by atoms with E-state index < -0.39 is 14.8 Å². The number of hydrogen-bond acceptors (Lipinski definition) is 5. The van der Waals surface area contributed by atoms with Gasteiger partial charge >= 0.3 is 0 Å². The van der Waals surface area contributed by atoms with Crippen LogP contribution in [0.15, 0.2) is 64.5 Å². The Labute approximate surface area is 136 Å². The molecule has 2 aromatic carbocycles. The molecule has 0 amide bonds. The van der Waals surface area contributed by atoms with Crippen LogP contribution in [0.25, 0.3) is 10.9 Å². The molecule has 0 bridgehead atoms. The zero-order valence-corrected chi connectivity index (χ0v) is 13.1. The first kappa shape index (κ1) is 15.4. The minimum absolute atomic E-state index is 0.0340. The summed E-state index contributed by atoms with van der Waals surface area (Å²) in [5.74, 6) is 0. The molecule has 1 aromatic heterocycles. The van der Waals surface area contributed by atoms with Crippen LogP contribution in [-0.4, -0.2) is 18.3 Å². The molecule has 0 aliphatic carbocycles. The van der Waals surface area contributed by atoms with E-state index in [4.69, 9.17) is 11.6 Å². The Morgan fingerprint density at radius 3 is 2.52 bits per heavy atom. The molecule has 0 N–H and O–H groups in total. The molecular weight excluding hydrogens is 340 g/mol. The van der Waals surface area contributed by atoms with Crippen molar-refractivity contribution in [1.82, 2.24) is 4.98 Å². The predicted octanol–water partition coefficient (Wildman–Crippen LogP) is 3.63. The molecule has 3 aromatic rings. The summed E-state index contributed by atoms with van der Waals surface area (Å²) in [6, 6.07) is 11.8. The van der Waals surface area contributed by atoms with Crippen molar-refractivity contribution in [2.24, 2.45) is 0 Å². The molecule has 6 nitrogen and oxygen atoms in total. The lowest BCUT2D eigenvalue weighted by molar-refractivity contribution is -0.383. The van der Waals surface area contributed by atoms with Gasteiger partial charge in [-0.3, -0.25) is 10.1 Å². The van der Waals surface area contributed by atoms with Crippen molar-refractivity contribution in [3.05, 3.63) is 69.9 Å². The summed E-state index contributed by atoms with van der Waals surface area (Å²) >= 11 is 5.95. The van der Waals surface area contributed by atoms with Gasteiger partial charge in [-0.15, -0.1) is 0 Å². The van der Waals surface area contributed by atoms with Gasteiger partial charge in [-0.05, 0) is 18.2 Å². The lowest BCUT2D eigenvalue weighted by atomic mass is 10.2. The highest BCUT2D eigenvalue weighted by Gasteiger charge is 2.22. The van der Waals surface area contributed by atoms with Crippen LogP contribution in [0, 0.1) is 10.1 Å². The average molecular weight is 349 g/mol. The largest absolute Gasteiger partial charge is 0.295 e. The Kier molecular flexibility index (Phi) is 3.75. The summed E-state index contributed by atoms with van der Waals surface area (Å²) in [4.78, 5) is 14.3. The maximum absolute atomic E-state index is 12.7. The van der Waals surface area contributed by atoms with E-state index in [0.29, 0.717) is 5.39 Å². The quantitative estimate of drug-likeness (QED) is 0.532. The van der Waals surface area contributed by atoms with E-state index in [0.717, 1.165) is 6.20 Å². The van der Waals surface area contributed by atoms with Crippen molar-refractivity contribution in [3.8, 4) is 0 Å². The van der Waals surface area contributed by atoms with Crippen LogP contribution in [0.1, 0.15) is 0 Å². The van der Waals surface area contributed by atoms with Crippen molar-refractivity contribution in [3.63, 3.8) is 0 Å². The smallest absolute Gasteiger partial charge is 0.258 e. The Balaban J connectivity index is 2.22. The fourth-order valence-corrected chi connectivity index (χ4v) is 3.96. The Morgan fingerprint density at radius 1 is 1.09 bits per heavy atom. The molecule has 0 saturated carbocycles. The summed E-state index contributed by atoms with van der Waals surface area (Å²) in [5, 5.41) is 11.5. The highest BCUT2D eigenvalue weighted by molar-refractivity contribution is 7.91. The molecular formula is C15H9ClN2O4S. The third-order valence-electron chi connectivity index (χ3n) is 3.30. The zero-order valence-electron chi connectivity index (χ0n) is 11.5. The average Bonchev–Trinajstić information content (AvgIpc) is 2.53. The van der Waals surface area contributed by atoms with Gasteiger partial charge in [0, 0.05) is 17.6 Å². The molecule has 23 heavy (non-hydrogen) atoms. The van der Waals surface area contributed by atoms with Gasteiger partial charge in [0.1, 0.15) is 5.52 Å². The third-order valence-corrected chi connectivity index (χ3v) is 5.52. The number of benzene rings is 2. The summed E-state index contributed by atoms with van der Waals surface area (Å²) in [6.07, 6.45) is 1.11. The molecule has 1 heterocycles. The molecule has 0 unspecified atom stereocenters. The molecule has 8 heteroatoms. The number of hydrogen-bond donors (Lipinski definition) is 0. The van der Waals surface area contributed by atoms with Crippen molar-refractivity contribution in [2.45, 2.75) is 9.79 Å². The minimum atomic E-state index is -3.86. The molecule has 0 aliphatic heterocycles. The second-order valence-corrected chi connectivity index (χ2v) is 7.04. The third kappa shape index (κ3) is 2.64. The van der Waals surface area contributed by atoms with E-state index >= 15 is 0 Å². The summed E-state index contributed by atoms with van der Waals surface area (Å²) in [6.45, 7) is 0. The van der Waals surface area contributed by atoms with Crippen molar-refractivity contribution >= 4 is 38.0 Å². The monoisotopic (exact) mass is 348 g/mol. The predicted molar refractivity (Wildman–Crippen MR) is 85.3 cm³/mol. The summed E-state index contributed by atoms with van der Waals surface area (Å²) in [7, 11) is -3.86. The van der Waals surface area contributed by atoms with Gasteiger partial charge in [-0.25, -0.2) is 13.4 Å². The standard InChI is InChI=1S/C15H9ClN2O4S/c16-12-5-1-2-7-14(12)23(21,22)11-8-10-4-3-6-13(18(19)20)15(10)17-9-11/h1-9H. The number of halogens is 1. The van der Waals surface area contributed by atoms with Crippen LogP contribution in [-0.2, 0) is 9.84 Å². The molecule has 0 spiro atoms. The number of fused-ring (bicyclic) bond motifs is 1. The second kappa shape index (κ2) is 5.60. The van der Waals surface area contributed by atoms with Crippen molar-refractivity contribution in [1.29, 1.82) is 0 Å². The Bertz CT molecular complexity index is 1030. The van der Waals surface area contributed by atoms with E-state index in [1.165, 1.54) is 30.3 Å². The van der Waals surface area contributed by atoms with Gasteiger partial charge < -0.3 is 0 Å². The number of para-hydroxylation sites is 1. The molecule has 0 aliphatic rings. The van der Waals surface area contributed by atoms with E-state index in [1.807, 2.05) is 0 Å². The topological polar surface area (TPSA) is 90.2 Å². The lowest BCUT2D eigenvalue weighted by Crippen LogP contribution is -2.04. The Morgan fingerprint density at radius 2 is 1.83 bits per heavy atom. The van der Waals surface area contributed by atoms with Crippen LogP contribution in [0.4, 0.5) is 5.69 Å². The van der Waals surface area contributed by atoms with Crippen LogP contribution < -0.4 is 0 Å². The van der Waals surface area contributed by atoms with Crippen molar-refractivity contribution < 1.29 is 13.3 Å². The number of non-ortho nitro benzene ring substituents is 1. The lowest BCUT2D eigenvalue weighted by Gasteiger charge is -2.07. The van der Waals surface area contributed by atoms with E-state index in [2.05, 4.69) is 4.98 Å². The van der Waals surface area contributed by atoms with Gasteiger partial charge in [0.25, 0.3) is 5.69 Å². The highest BCUT2D eigenvalue weighted by atomic mass is 35.5. The number of sulfone groups is 1. The minimum Gasteiger partial charge on any atom is -0.258 e. The first-order chi connectivity index (χ1) is 10.9. The number of aromatic nitrogens is 1. The summed E-state index contributed by atoms with van der Waals surface area (Å²) < 4.78 is 25.3. The van der Waals surface area contributed by atoms with Gasteiger partial charge in [0.05, 0.1) is 19.7 Å². The molecule has 0 fully saturated rings. The molecule has 116 valence electrons. The SMILES string of the molecule is O=[N+]([O-])c1cccc2cc(S(=O)(=O)c3ccccc3Cl)cnc12. The number of pyridine rings is 1. The van der Waals surface area contributed by atoms with Crippen LogP contribution in [0.5, 0.6) is 0 Å². The van der Waals surface area contributed by atoms with Gasteiger partial charge in [0.15, 0.2) is 0 Å². The second-order valence-electron chi connectivity index (χ2n) is 4.71. The Hall–Kier alpha value is -2.51. The van der Waals surface area contributed by atoms with Crippen molar-refractivity contribution in [2.75, 3.05) is 0 Å². The molecule has 0 radical (unpaired) electrons. The molecule has 3 rings (SSSR count). The van der Waals surface area contributed by atoms with Crippen LogP contribution >= 0.6 is 11.6 Å². The van der Waals surface area contributed by atoms with Crippen LogP contribution in [0.2, 0.25) is 5.02 Å². The molecule has 0 atom stereocenters. The van der Waals surface area contributed by atoms with E-state index in [1.54, 1.807) is 18.2 Å². The number of nitro benzene ring substituents is 1. The highest BCUT2D eigenvalue weighted by Crippen LogP contribution is 2.30. The number of rotatable bonds is 3. The maximum atomic E-state index is 12.7. The summed E-state index contributed by atoms with van der Waals surface area (Å²) in [5.41, 5.74) is -0.0419. The van der Waals surface area contributed by atoms with Crippen LogP contribution in [0.3, 0.4) is 0 Å². The van der Waals surface area contributed by atoms with Gasteiger partial charge in [-0.2, -0.15) is 0 Å². The zero-order chi connectivity index (χ0) is 16.6. The van der Waals surface area contributed by atoms with E-state index in [-0.39, 0.29) is 26.0 Å². The normalized spacial score (nSPS) is 11.5. The fraction of sp³-hybridized carbons (Fsp3) is 0. The first-order valence-electron chi connectivity index (χ1n) is 6.44. The number of nitro groups is 1. The van der Waals surface area contributed by atoms with Gasteiger partial charge in [-0.1, -0.05) is 35.9 Å². The number of nitrogens with zero attached hydrogens (tertiary/aromatic N) is 2. The molecule has 0 saturated heterocycles. The maximum Gasteiger partial charge on any atom is 0.295 e. The van der Waals surface area contributed by atoms with E-state index in [9.17, 15) is 18.5 Å². The fourth-order valence-electron chi connectivity index (χ4n) is 2.21. The van der Waals surface area contributed by atoms with Gasteiger partial charge in [0.2, 0.25) is 9.84 Å².